The molecule has 0 bridgehead atoms. The van der Waals surface area contributed by atoms with E-state index in [0.29, 0.717) is 13.1 Å². The second-order valence-electron chi connectivity index (χ2n) is 6.66. The van der Waals surface area contributed by atoms with E-state index in [1.165, 1.54) is 0 Å². The van der Waals surface area contributed by atoms with Crippen molar-refractivity contribution >= 4 is 0 Å². The maximum absolute atomic E-state index is 12.9. The lowest BCUT2D eigenvalue weighted by molar-refractivity contribution is 0.0352. The Kier molecular flexibility index (Phi) is 5.12. The predicted molar refractivity (Wildman–Crippen MR) is 93.0 cm³/mol. The summed E-state index contributed by atoms with van der Waals surface area (Å²) in [7, 11) is 1.90. The summed E-state index contributed by atoms with van der Waals surface area (Å²) in [6, 6.07) is 9.65. The minimum atomic E-state index is -0.781. The van der Waals surface area contributed by atoms with Crippen molar-refractivity contribution < 1.29 is 5.11 Å². The van der Waals surface area contributed by atoms with E-state index in [1.54, 1.807) is 18.5 Å². The number of aromatic nitrogens is 2. The summed E-state index contributed by atoms with van der Waals surface area (Å²) >= 11 is 0. The van der Waals surface area contributed by atoms with Gasteiger partial charge in [0.2, 0.25) is 0 Å². The number of hydrogen-bond acceptors (Lipinski definition) is 3. The van der Waals surface area contributed by atoms with E-state index in [9.17, 15) is 9.90 Å². The molecule has 0 aliphatic rings. The highest BCUT2D eigenvalue weighted by atomic mass is 16.3. The Morgan fingerprint density at radius 3 is 2.35 bits per heavy atom. The molecule has 1 aromatic carbocycles. The fraction of sp³-hybridized carbons (Fsp3) is 0.500. The third-order valence-electron chi connectivity index (χ3n) is 4.11. The van der Waals surface area contributed by atoms with Crippen LogP contribution in [0.5, 0.6) is 0 Å². The molecular formula is C18H27N3O2. The minimum absolute atomic E-state index is 0.00500. The highest BCUT2D eigenvalue weighted by molar-refractivity contribution is 5.33. The standard InChI is InChI=1S/C18H27N3O2/c1-6-20(13-18(3,4)23)12-16-14(2)19(5)21(17(16)22)15-10-8-7-9-11-15/h7-11,23H,6,12-13H2,1-5H3. The minimum Gasteiger partial charge on any atom is -0.389 e. The van der Waals surface area contributed by atoms with Crippen LogP contribution in [-0.4, -0.2) is 38.1 Å². The normalized spacial score (nSPS) is 12.1. The van der Waals surface area contributed by atoms with Gasteiger partial charge in [0.1, 0.15) is 0 Å². The lowest BCUT2D eigenvalue weighted by atomic mass is 10.1. The van der Waals surface area contributed by atoms with Gasteiger partial charge < -0.3 is 5.11 Å². The lowest BCUT2D eigenvalue weighted by Gasteiger charge is -2.27. The number of hydrogen-bond donors (Lipinski definition) is 1. The first-order chi connectivity index (χ1) is 10.7. The molecule has 2 rings (SSSR count). The van der Waals surface area contributed by atoms with Crippen LogP contribution in [0.2, 0.25) is 0 Å². The van der Waals surface area contributed by atoms with Crippen molar-refractivity contribution in [3.8, 4) is 5.69 Å². The van der Waals surface area contributed by atoms with Gasteiger partial charge >= 0.3 is 0 Å². The van der Waals surface area contributed by atoms with Crippen LogP contribution in [0.1, 0.15) is 32.0 Å². The highest BCUT2D eigenvalue weighted by Gasteiger charge is 2.22. The molecule has 2 aromatic rings. The van der Waals surface area contributed by atoms with Gasteiger partial charge in [-0.1, -0.05) is 25.1 Å². The molecule has 0 unspecified atom stereocenters. The van der Waals surface area contributed by atoms with Crippen LogP contribution in [-0.2, 0) is 13.6 Å². The first kappa shape index (κ1) is 17.5. The molecule has 0 spiro atoms. The van der Waals surface area contributed by atoms with E-state index in [-0.39, 0.29) is 5.56 Å². The van der Waals surface area contributed by atoms with Crippen LogP contribution in [0.15, 0.2) is 35.1 Å². The molecule has 0 fully saturated rings. The van der Waals surface area contributed by atoms with E-state index in [1.807, 2.05) is 55.9 Å². The Morgan fingerprint density at radius 2 is 1.83 bits per heavy atom. The number of para-hydroxylation sites is 1. The Labute approximate surface area is 137 Å². The molecule has 5 nitrogen and oxygen atoms in total. The molecule has 23 heavy (non-hydrogen) atoms. The molecule has 0 amide bonds. The van der Waals surface area contributed by atoms with Gasteiger partial charge in [-0.25, -0.2) is 4.68 Å². The van der Waals surface area contributed by atoms with Crippen LogP contribution in [0, 0.1) is 6.92 Å². The van der Waals surface area contributed by atoms with E-state index in [4.69, 9.17) is 0 Å². The molecule has 0 aliphatic heterocycles. The monoisotopic (exact) mass is 317 g/mol. The van der Waals surface area contributed by atoms with Crippen LogP contribution in [0.4, 0.5) is 0 Å². The zero-order valence-electron chi connectivity index (χ0n) is 14.7. The maximum atomic E-state index is 12.9. The Balaban J connectivity index is 2.40. The average molecular weight is 317 g/mol. The number of likely N-dealkylation sites (N-methyl/N-ethyl adjacent to an activating group) is 1. The summed E-state index contributed by atoms with van der Waals surface area (Å²) in [6.07, 6.45) is 0. The molecule has 0 aliphatic carbocycles. The summed E-state index contributed by atoms with van der Waals surface area (Å²) in [5.41, 5.74) is 1.82. The molecule has 5 heteroatoms. The molecule has 0 radical (unpaired) electrons. The molecule has 1 N–H and O–H groups in total. The fourth-order valence-corrected chi connectivity index (χ4v) is 2.86. The van der Waals surface area contributed by atoms with Gasteiger partial charge in [-0.05, 0) is 39.4 Å². The molecule has 0 saturated heterocycles. The third-order valence-corrected chi connectivity index (χ3v) is 4.11. The first-order valence-electron chi connectivity index (χ1n) is 8.02. The third kappa shape index (κ3) is 3.92. The van der Waals surface area contributed by atoms with Crippen molar-refractivity contribution in [1.82, 2.24) is 14.3 Å². The second kappa shape index (κ2) is 6.72. The molecule has 1 aromatic heterocycles. The lowest BCUT2D eigenvalue weighted by Crippen LogP contribution is -2.39. The second-order valence-corrected chi connectivity index (χ2v) is 6.66. The molecular weight excluding hydrogens is 290 g/mol. The van der Waals surface area contributed by atoms with Crippen LogP contribution in [0.3, 0.4) is 0 Å². The van der Waals surface area contributed by atoms with Crippen molar-refractivity contribution in [3.63, 3.8) is 0 Å². The maximum Gasteiger partial charge on any atom is 0.276 e. The van der Waals surface area contributed by atoms with Gasteiger partial charge in [-0.2, -0.15) is 0 Å². The van der Waals surface area contributed by atoms with Crippen LogP contribution >= 0.6 is 0 Å². The van der Waals surface area contributed by atoms with Gasteiger partial charge in [-0.15, -0.1) is 0 Å². The van der Waals surface area contributed by atoms with Gasteiger partial charge in [0, 0.05) is 25.8 Å². The van der Waals surface area contributed by atoms with Gasteiger partial charge in [-0.3, -0.25) is 14.4 Å². The number of aliphatic hydroxyl groups is 1. The Hall–Kier alpha value is -1.85. The number of nitrogens with zero attached hydrogens (tertiary/aromatic N) is 3. The highest BCUT2D eigenvalue weighted by Crippen LogP contribution is 2.13. The van der Waals surface area contributed by atoms with Gasteiger partial charge in [0.25, 0.3) is 5.56 Å². The van der Waals surface area contributed by atoms with Crippen molar-refractivity contribution in [3.05, 3.63) is 51.9 Å². The quantitative estimate of drug-likeness (QED) is 0.887. The molecule has 0 atom stereocenters. The summed E-state index contributed by atoms with van der Waals surface area (Å²) < 4.78 is 3.59. The van der Waals surface area contributed by atoms with E-state index in [0.717, 1.165) is 23.5 Å². The predicted octanol–water partition coefficient (Wildman–Crippen LogP) is 2.08. The van der Waals surface area contributed by atoms with Crippen molar-refractivity contribution in [2.24, 2.45) is 7.05 Å². The topological polar surface area (TPSA) is 50.4 Å². The van der Waals surface area contributed by atoms with Crippen molar-refractivity contribution in [2.45, 2.75) is 39.8 Å². The zero-order chi connectivity index (χ0) is 17.2. The Morgan fingerprint density at radius 1 is 1.22 bits per heavy atom. The first-order valence-corrected chi connectivity index (χ1v) is 8.02. The van der Waals surface area contributed by atoms with E-state index < -0.39 is 5.60 Å². The van der Waals surface area contributed by atoms with Crippen LogP contribution < -0.4 is 5.56 Å². The number of benzene rings is 1. The number of rotatable bonds is 6. The SMILES string of the molecule is CCN(Cc1c(C)n(C)n(-c2ccccc2)c1=O)CC(C)(C)O. The smallest absolute Gasteiger partial charge is 0.276 e. The van der Waals surface area contributed by atoms with Gasteiger partial charge in [0.05, 0.1) is 16.9 Å². The molecule has 1 heterocycles. The summed E-state index contributed by atoms with van der Waals surface area (Å²) in [4.78, 5) is 15.0. The van der Waals surface area contributed by atoms with Crippen molar-refractivity contribution in [1.29, 1.82) is 0 Å². The average Bonchev–Trinajstić information content (AvgIpc) is 2.70. The summed E-state index contributed by atoms with van der Waals surface area (Å²) in [5, 5.41) is 10.0. The van der Waals surface area contributed by atoms with E-state index >= 15 is 0 Å². The summed E-state index contributed by atoms with van der Waals surface area (Å²) in [5.74, 6) is 0. The zero-order valence-corrected chi connectivity index (χ0v) is 14.7. The fourth-order valence-electron chi connectivity index (χ4n) is 2.86. The molecule has 0 saturated carbocycles. The van der Waals surface area contributed by atoms with E-state index in [2.05, 4.69) is 4.90 Å². The molecule has 126 valence electrons. The largest absolute Gasteiger partial charge is 0.389 e. The summed E-state index contributed by atoms with van der Waals surface area (Å²) in [6.45, 7) is 9.43. The van der Waals surface area contributed by atoms with Gasteiger partial charge in [0.15, 0.2) is 0 Å². The Bertz CT molecular complexity index is 708. The van der Waals surface area contributed by atoms with Crippen molar-refractivity contribution in [2.75, 3.05) is 13.1 Å². The van der Waals surface area contributed by atoms with Crippen LogP contribution in [0.25, 0.3) is 5.69 Å².